The average Bonchev–Trinajstić information content (AvgIpc) is 2.17. The maximum Gasteiger partial charge on any atom is 0.416 e. The first-order chi connectivity index (χ1) is 7.43. The molecule has 0 fully saturated rings. The lowest BCUT2D eigenvalue weighted by atomic mass is 10.2. The third-order valence-electron chi connectivity index (χ3n) is 1.95. The van der Waals surface area contributed by atoms with Crippen LogP contribution in [0.1, 0.15) is 25.3 Å². The number of hydrogen-bond donors (Lipinski definition) is 1. The lowest BCUT2D eigenvalue weighted by molar-refractivity contribution is -0.137. The first-order valence-corrected chi connectivity index (χ1v) is 4.90. The Balaban J connectivity index is 2.79. The fourth-order valence-corrected chi connectivity index (χ4v) is 1.22. The van der Waals surface area contributed by atoms with E-state index in [-0.39, 0.29) is 11.6 Å². The van der Waals surface area contributed by atoms with Crippen molar-refractivity contribution in [2.24, 2.45) is 0 Å². The number of alkyl halides is 3. The molecule has 0 atom stereocenters. The van der Waals surface area contributed by atoms with Gasteiger partial charge in [-0.1, -0.05) is 13.0 Å². The summed E-state index contributed by atoms with van der Waals surface area (Å²) in [7, 11) is 0. The van der Waals surface area contributed by atoms with Crippen LogP contribution in [0.25, 0.3) is 0 Å². The maximum atomic E-state index is 12.3. The van der Waals surface area contributed by atoms with Crippen LogP contribution in [0.3, 0.4) is 0 Å². The second-order valence-electron chi connectivity index (χ2n) is 3.38. The molecule has 0 aliphatic heterocycles. The highest BCUT2D eigenvalue weighted by molar-refractivity contribution is 5.90. The first kappa shape index (κ1) is 12.5. The summed E-state index contributed by atoms with van der Waals surface area (Å²) in [5.41, 5.74) is -0.588. The Morgan fingerprint density at radius 1 is 1.38 bits per heavy atom. The standard InChI is InChI=1S/C11H12F3NO/c1-2-4-10(16)15-9-6-3-5-8(7-9)11(12,13)14/h3,5-7H,2,4H2,1H3,(H,15,16). The number of anilines is 1. The fraction of sp³-hybridized carbons (Fsp3) is 0.364. The van der Waals surface area contributed by atoms with E-state index in [1.807, 2.05) is 6.92 Å². The molecule has 88 valence electrons. The highest BCUT2D eigenvalue weighted by atomic mass is 19.4. The van der Waals surface area contributed by atoms with Gasteiger partial charge in [0.2, 0.25) is 5.91 Å². The fourth-order valence-electron chi connectivity index (χ4n) is 1.22. The summed E-state index contributed by atoms with van der Waals surface area (Å²) in [4.78, 5) is 11.2. The summed E-state index contributed by atoms with van der Waals surface area (Å²) in [6, 6.07) is 4.59. The predicted molar refractivity (Wildman–Crippen MR) is 55.0 cm³/mol. The molecule has 0 saturated heterocycles. The van der Waals surface area contributed by atoms with Crippen LogP contribution >= 0.6 is 0 Å². The molecule has 1 N–H and O–H groups in total. The second-order valence-corrected chi connectivity index (χ2v) is 3.38. The van der Waals surface area contributed by atoms with E-state index < -0.39 is 11.7 Å². The van der Waals surface area contributed by atoms with Crippen LogP contribution in [0.15, 0.2) is 24.3 Å². The van der Waals surface area contributed by atoms with Gasteiger partial charge < -0.3 is 5.32 Å². The maximum absolute atomic E-state index is 12.3. The Morgan fingerprint density at radius 3 is 2.62 bits per heavy atom. The van der Waals surface area contributed by atoms with Gasteiger partial charge in [-0.3, -0.25) is 4.79 Å². The van der Waals surface area contributed by atoms with Crippen LogP contribution < -0.4 is 5.32 Å². The van der Waals surface area contributed by atoms with Crippen molar-refractivity contribution in [2.75, 3.05) is 5.32 Å². The van der Waals surface area contributed by atoms with Gasteiger partial charge in [0.05, 0.1) is 5.56 Å². The number of rotatable bonds is 3. The Labute approximate surface area is 91.5 Å². The van der Waals surface area contributed by atoms with E-state index in [2.05, 4.69) is 5.32 Å². The minimum Gasteiger partial charge on any atom is -0.326 e. The topological polar surface area (TPSA) is 29.1 Å². The van der Waals surface area contributed by atoms with E-state index in [4.69, 9.17) is 0 Å². The zero-order valence-corrected chi connectivity index (χ0v) is 8.77. The molecule has 1 rings (SSSR count). The highest BCUT2D eigenvalue weighted by Gasteiger charge is 2.30. The molecule has 2 nitrogen and oxygen atoms in total. The summed E-state index contributed by atoms with van der Waals surface area (Å²) in [5.74, 6) is -0.276. The Morgan fingerprint density at radius 2 is 2.06 bits per heavy atom. The van der Waals surface area contributed by atoms with Crippen molar-refractivity contribution in [2.45, 2.75) is 25.9 Å². The third kappa shape index (κ3) is 3.56. The quantitative estimate of drug-likeness (QED) is 0.848. The van der Waals surface area contributed by atoms with Gasteiger partial charge in [-0.15, -0.1) is 0 Å². The monoisotopic (exact) mass is 231 g/mol. The summed E-state index contributed by atoms with van der Waals surface area (Å²) in [6.07, 6.45) is -3.42. The molecule has 0 heterocycles. The summed E-state index contributed by atoms with van der Waals surface area (Å²) >= 11 is 0. The molecule has 0 bridgehead atoms. The molecule has 0 aliphatic carbocycles. The van der Waals surface area contributed by atoms with E-state index in [0.717, 1.165) is 12.1 Å². The zero-order valence-electron chi connectivity index (χ0n) is 8.77. The lowest BCUT2D eigenvalue weighted by Crippen LogP contribution is -2.12. The van der Waals surface area contributed by atoms with Crippen molar-refractivity contribution >= 4 is 11.6 Å². The highest BCUT2D eigenvalue weighted by Crippen LogP contribution is 2.30. The smallest absolute Gasteiger partial charge is 0.326 e. The molecular weight excluding hydrogens is 219 g/mol. The van der Waals surface area contributed by atoms with Crippen LogP contribution in [0.4, 0.5) is 18.9 Å². The molecular formula is C11H12F3NO. The number of nitrogens with one attached hydrogen (secondary N) is 1. The van der Waals surface area contributed by atoms with E-state index in [9.17, 15) is 18.0 Å². The Hall–Kier alpha value is -1.52. The molecule has 0 aromatic heterocycles. The van der Waals surface area contributed by atoms with E-state index in [0.29, 0.717) is 12.8 Å². The summed E-state index contributed by atoms with van der Waals surface area (Å²) < 4.78 is 37.0. The minimum atomic E-state index is -4.38. The van der Waals surface area contributed by atoms with Gasteiger partial charge >= 0.3 is 6.18 Å². The van der Waals surface area contributed by atoms with Crippen molar-refractivity contribution in [3.05, 3.63) is 29.8 Å². The van der Waals surface area contributed by atoms with Crippen LogP contribution in [0.2, 0.25) is 0 Å². The number of benzene rings is 1. The first-order valence-electron chi connectivity index (χ1n) is 4.90. The van der Waals surface area contributed by atoms with Crippen molar-refractivity contribution in [3.63, 3.8) is 0 Å². The van der Waals surface area contributed by atoms with E-state index in [1.54, 1.807) is 0 Å². The second kappa shape index (κ2) is 5.01. The number of hydrogen-bond acceptors (Lipinski definition) is 1. The van der Waals surface area contributed by atoms with Crippen molar-refractivity contribution < 1.29 is 18.0 Å². The van der Waals surface area contributed by atoms with Crippen molar-refractivity contribution in [3.8, 4) is 0 Å². The minimum absolute atomic E-state index is 0.174. The van der Waals surface area contributed by atoms with Gasteiger partial charge in [0.1, 0.15) is 0 Å². The molecule has 0 spiro atoms. The van der Waals surface area contributed by atoms with E-state index in [1.165, 1.54) is 12.1 Å². The molecule has 1 aromatic carbocycles. The predicted octanol–water partition coefficient (Wildman–Crippen LogP) is 3.44. The van der Waals surface area contributed by atoms with Crippen LogP contribution in [0, 0.1) is 0 Å². The van der Waals surface area contributed by atoms with Gasteiger partial charge in [0.15, 0.2) is 0 Å². The third-order valence-corrected chi connectivity index (χ3v) is 1.95. The van der Waals surface area contributed by atoms with E-state index >= 15 is 0 Å². The van der Waals surface area contributed by atoms with Gasteiger partial charge in [-0.2, -0.15) is 13.2 Å². The van der Waals surface area contributed by atoms with Crippen LogP contribution in [0.5, 0.6) is 0 Å². The van der Waals surface area contributed by atoms with Crippen molar-refractivity contribution in [1.82, 2.24) is 0 Å². The molecule has 5 heteroatoms. The molecule has 1 aromatic rings. The van der Waals surface area contributed by atoms with Crippen molar-refractivity contribution in [1.29, 1.82) is 0 Å². The van der Waals surface area contributed by atoms with Gasteiger partial charge in [-0.05, 0) is 24.6 Å². The molecule has 0 unspecified atom stereocenters. The number of amides is 1. The zero-order chi connectivity index (χ0) is 12.2. The number of carbonyl (C=O) groups is 1. The van der Waals surface area contributed by atoms with Gasteiger partial charge in [0, 0.05) is 12.1 Å². The Kier molecular flexibility index (Phi) is 3.93. The van der Waals surface area contributed by atoms with Crippen LogP contribution in [-0.2, 0) is 11.0 Å². The molecule has 0 radical (unpaired) electrons. The average molecular weight is 231 g/mol. The largest absolute Gasteiger partial charge is 0.416 e. The summed E-state index contributed by atoms with van der Waals surface area (Å²) in [6.45, 7) is 1.83. The van der Waals surface area contributed by atoms with Gasteiger partial charge in [0.25, 0.3) is 0 Å². The molecule has 0 saturated carbocycles. The molecule has 0 aliphatic rings. The summed E-state index contributed by atoms with van der Waals surface area (Å²) in [5, 5.41) is 2.42. The molecule has 1 amide bonds. The SMILES string of the molecule is CCCC(=O)Nc1cccc(C(F)(F)F)c1. The van der Waals surface area contributed by atoms with Crippen LogP contribution in [-0.4, -0.2) is 5.91 Å². The molecule has 16 heavy (non-hydrogen) atoms. The normalized spacial score (nSPS) is 11.2. The number of halogens is 3. The number of carbonyl (C=O) groups excluding carboxylic acids is 1. The van der Waals surface area contributed by atoms with Gasteiger partial charge in [-0.25, -0.2) is 0 Å². The lowest BCUT2D eigenvalue weighted by Gasteiger charge is -2.09. The Bertz CT molecular complexity index is 374.